The van der Waals surface area contributed by atoms with E-state index in [2.05, 4.69) is 40.1 Å². The average Bonchev–Trinajstić information content (AvgIpc) is 2.15. The molecule has 0 saturated heterocycles. The summed E-state index contributed by atoms with van der Waals surface area (Å²) in [4.78, 5) is 4.10. The molecule has 2 N–H and O–H groups in total. The molecule has 1 unspecified atom stereocenters. The zero-order chi connectivity index (χ0) is 12.9. The van der Waals surface area contributed by atoms with Crippen LogP contribution in [0.5, 0.6) is 0 Å². The second-order valence-electron chi connectivity index (χ2n) is 5.21. The Hall–Kier alpha value is -0.450. The number of aliphatic hydroxyl groups is 1. The Kier molecular flexibility index (Phi) is 5.56. The maximum Gasteiger partial charge on any atom is 0.0746 e. The van der Waals surface area contributed by atoms with Crippen molar-refractivity contribution < 1.29 is 5.11 Å². The van der Waals surface area contributed by atoms with Crippen LogP contribution < -0.4 is 5.32 Å². The summed E-state index contributed by atoms with van der Waals surface area (Å²) in [6, 6.07) is 2.02. The maximum atomic E-state index is 10.1. The van der Waals surface area contributed by atoms with Crippen molar-refractivity contribution >= 4 is 15.9 Å². The topological polar surface area (TPSA) is 45.1 Å². The summed E-state index contributed by atoms with van der Waals surface area (Å²) in [5.41, 5.74) is 0.466. The van der Waals surface area contributed by atoms with E-state index in [1.54, 1.807) is 6.20 Å². The van der Waals surface area contributed by atoms with Gasteiger partial charge in [0.2, 0.25) is 0 Å². The fraction of sp³-hybridized carbons (Fsp3) is 0.615. The van der Waals surface area contributed by atoms with Crippen LogP contribution in [0.4, 0.5) is 0 Å². The number of nitrogens with one attached hydrogen (secondary N) is 1. The first-order chi connectivity index (χ1) is 7.89. The fourth-order valence-corrected chi connectivity index (χ4v) is 2.39. The molecule has 0 amide bonds. The Morgan fingerprint density at radius 1 is 1.47 bits per heavy atom. The highest BCUT2D eigenvalue weighted by molar-refractivity contribution is 9.10. The van der Waals surface area contributed by atoms with E-state index in [0.717, 1.165) is 23.0 Å². The lowest BCUT2D eigenvalue weighted by molar-refractivity contribution is 0.0383. The predicted octanol–water partition coefficient (Wildman–Crippen LogP) is 2.73. The molecule has 0 saturated carbocycles. The number of pyridine rings is 1. The van der Waals surface area contributed by atoms with Gasteiger partial charge in [0, 0.05) is 30.0 Å². The van der Waals surface area contributed by atoms with Crippen molar-refractivity contribution in [1.82, 2.24) is 10.3 Å². The van der Waals surface area contributed by atoms with Crippen molar-refractivity contribution in [2.24, 2.45) is 5.92 Å². The largest absolute Gasteiger partial charge is 0.389 e. The first kappa shape index (κ1) is 14.6. The van der Waals surface area contributed by atoms with Crippen molar-refractivity contribution in [3.8, 4) is 0 Å². The Morgan fingerprint density at radius 3 is 2.76 bits per heavy atom. The monoisotopic (exact) mass is 300 g/mol. The van der Waals surface area contributed by atoms with Crippen LogP contribution in [0.25, 0.3) is 0 Å². The molecular formula is C13H21BrN2O. The smallest absolute Gasteiger partial charge is 0.0746 e. The SMILES string of the molecule is CC(C)CC(C)(O)CNCc1cncc(Br)c1. The molecule has 1 rings (SSSR count). The molecule has 0 fully saturated rings. The van der Waals surface area contributed by atoms with E-state index in [0.29, 0.717) is 12.5 Å². The lowest BCUT2D eigenvalue weighted by Crippen LogP contribution is -2.38. The normalized spacial score (nSPS) is 14.9. The molecule has 1 heterocycles. The third-order valence-corrected chi connectivity index (χ3v) is 2.88. The van der Waals surface area contributed by atoms with Crippen LogP contribution in [0, 0.1) is 5.92 Å². The average molecular weight is 301 g/mol. The zero-order valence-electron chi connectivity index (χ0n) is 10.7. The van der Waals surface area contributed by atoms with Gasteiger partial charge < -0.3 is 10.4 Å². The molecule has 4 heteroatoms. The quantitative estimate of drug-likeness (QED) is 0.849. The first-order valence-electron chi connectivity index (χ1n) is 5.91. The molecule has 3 nitrogen and oxygen atoms in total. The van der Waals surface area contributed by atoms with Crippen LogP contribution in [0.2, 0.25) is 0 Å². The predicted molar refractivity (Wildman–Crippen MR) is 73.7 cm³/mol. The summed E-state index contributed by atoms with van der Waals surface area (Å²) >= 11 is 3.39. The zero-order valence-corrected chi connectivity index (χ0v) is 12.3. The Balaban J connectivity index is 2.37. The molecule has 1 aromatic heterocycles. The van der Waals surface area contributed by atoms with Crippen LogP contribution >= 0.6 is 15.9 Å². The van der Waals surface area contributed by atoms with Gasteiger partial charge in [-0.05, 0) is 46.8 Å². The van der Waals surface area contributed by atoms with Gasteiger partial charge in [0.05, 0.1) is 5.60 Å². The van der Waals surface area contributed by atoms with Crippen molar-refractivity contribution in [2.75, 3.05) is 6.54 Å². The van der Waals surface area contributed by atoms with Gasteiger partial charge in [-0.3, -0.25) is 4.98 Å². The molecule has 0 aromatic carbocycles. The molecule has 0 aliphatic rings. The maximum absolute atomic E-state index is 10.1. The van der Waals surface area contributed by atoms with Crippen molar-refractivity contribution in [2.45, 2.75) is 39.3 Å². The third-order valence-electron chi connectivity index (χ3n) is 2.44. The van der Waals surface area contributed by atoms with Gasteiger partial charge in [0.1, 0.15) is 0 Å². The summed E-state index contributed by atoms with van der Waals surface area (Å²) in [5, 5.41) is 13.4. The molecule has 0 aliphatic carbocycles. The van der Waals surface area contributed by atoms with Gasteiger partial charge in [-0.1, -0.05) is 13.8 Å². The van der Waals surface area contributed by atoms with Gasteiger partial charge in [-0.15, -0.1) is 0 Å². The number of nitrogens with zero attached hydrogens (tertiary/aromatic N) is 1. The summed E-state index contributed by atoms with van der Waals surface area (Å²) in [7, 11) is 0. The Labute approximate surface area is 112 Å². The number of hydrogen-bond acceptors (Lipinski definition) is 3. The molecule has 0 spiro atoms. The Morgan fingerprint density at radius 2 is 2.18 bits per heavy atom. The molecule has 0 radical (unpaired) electrons. The molecule has 96 valence electrons. The highest BCUT2D eigenvalue weighted by Crippen LogP contribution is 2.15. The standard InChI is InChI=1S/C13H21BrN2O/c1-10(2)5-13(3,17)9-16-7-11-4-12(14)8-15-6-11/h4,6,8,10,16-17H,5,7,9H2,1-3H3. The highest BCUT2D eigenvalue weighted by Gasteiger charge is 2.20. The summed E-state index contributed by atoms with van der Waals surface area (Å²) < 4.78 is 0.978. The minimum Gasteiger partial charge on any atom is -0.389 e. The minimum absolute atomic E-state index is 0.499. The van der Waals surface area contributed by atoms with Crippen molar-refractivity contribution in [3.63, 3.8) is 0 Å². The summed E-state index contributed by atoms with van der Waals surface area (Å²) in [5.74, 6) is 0.499. The van der Waals surface area contributed by atoms with Gasteiger partial charge in [0.25, 0.3) is 0 Å². The van der Waals surface area contributed by atoms with Gasteiger partial charge in [0.15, 0.2) is 0 Å². The number of halogens is 1. The van der Waals surface area contributed by atoms with E-state index in [9.17, 15) is 5.11 Å². The number of rotatable bonds is 6. The fourth-order valence-electron chi connectivity index (χ4n) is 1.98. The number of aromatic nitrogens is 1. The van der Waals surface area contributed by atoms with E-state index in [1.807, 2.05) is 19.2 Å². The third kappa shape index (κ3) is 6.15. The van der Waals surface area contributed by atoms with E-state index in [-0.39, 0.29) is 0 Å². The second kappa shape index (κ2) is 6.47. The van der Waals surface area contributed by atoms with Gasteiger partial charge in [-0.25, -0.2) is 0 Å². The lowest BCUT2D eigenvalue weighted by atomic mass is 9.94. The molecule has 0 aliphatic heterocycles. The van der Waals surface area contributed by atoms with Crippen molar-refractivity contribution in [3.05, 3.63) is 28.5 Å². The molecule has 1 atom stereocenters. The highest BCUT2D eigenvalue weighted by atomic mass is 79.9. The van der Waals surface area contributed by atoms with Crippen LogP contribution in [0.3, 0.4) is 0 Å². The summed E-state index contributed by atoms with van der Waals surface area (Å²) in [6.07, 6.45) is 4.39. The van der Waals surface area contributed by atoms with E-state index >= 15 is 0 Å². The molecule has 0 bridgehead atoms. The van der Waals surface area contributed by atoms with E-state index in [1.165, 1.54) is 0 Å². The minimum atomic E-state index is -0.645. The van der Waals surface area contributed by atoms with Crippen LogP contribution in [0.15, 0.2) is 22.9 Å². The second-order valence-corrected chi connectivity index (χ2v) is 6.13. The van der Waals surface area contributed by atoms with Crippen LogP contribution in [0.1, 0.15) is 32.8 Å². The van der Waals surface area contributed by atoms with Gasteiger partial charge >= 0.3 is 0 Å². The van der Waals surface area contributed by atoms with Crippen LogP contribution in [-0.2, 0) is 6.54 Å². The van der Waals surface area contributed by atoms with Gasteiger partial charge in [-0.2, -0.15) is 0 Å². The first-order valence-corrected chi connectivity index (χ1v) is 6.71. The molecule has 1 aromatic rings. The van der Waals surface area contributed by atoms with Crippen molar-refractivity contribution in [1.29, 1.82) is 0 Å². The van der Waals surface area contributed by atoms with E-state index in [4.69, 9.17) is 0 Å². The Bertz CT molecular complexity index is 353. The number of hydrogen-bond donors (Lipinski definition) is 2. The molecule has 17 heavy (non-hydrogen) atoms. The molecular weight excluding hydrogens is 280 g/mol. The van der Waals surface area contributed by atoms with Crippen LogP contribution in [-0.4, -0.2) is 22.2 Å². The van der Waals surface area contributed by atoms with E-state index < -0.39 is 5.60 Å². The lowest BCUT2D eigenvalue weighted by Gasteiger charge is -2.25. The summed E-state index contributed by atoms with van der Waals surface area (Å²) in [6.45, 7) is 7.43.